The van der Waals surface area contributed by atoms with Gasteiger partial charge in [0.1, 0.15) is 0 Å². The number of rotatable bonds is 3. The van der Waals surface area contributed by atoms with Crippen LogP contribution in [-0.4, -0.2) is 42.9 Å². The lowest BCUT2D eigenvalue weighted by Crippen LogP contribution is -2.47. The fourth-order valence-electron chi connectivity index (χ4n) is 5.22. The molecular weight excluding hydrogens is 332 g/mol. The molecule has 0 radical (unpaired) electrons. The Morgan fingerprint density at radius 1 is 0.852 bits per heavy atom. The molecule has 3 heteroatoms. The molecule has 3 nitrogen and oxygen atoms in total. The summed E-state index contributed by atoms with van der Waals surface area (Å²) in [5.41, 5.74) is 2.68. The minimum atomic E-state index is 0.128. The van der Waals surface area contributed by atoms with E-state index in [1.165, 1.54) is 18.4 Å². The maximum atomic E-state index is 12.8. The molecule has 0 bridgehead atoms. The van der Waals surface area contributed by atoms with Gasteiger partial charge in [-0.2, -0.15) is 0 Å². The van der Waals surface area contributed by atoms with Crippen LogP contribution in [0.25, 0.3) is 0 Å². The van der Waals surface area contributed by atoms with E-state index in [-0.39, 0.29) is 11.4 Å². The van der Waals surface area contributed by atoms with Crippen LogP contribution in [0.5, 0.6) is 0 Å². The fourth-order valence-corrected chi connectivity index (χ4v) is 5.22. The Bertz CT molecular complexity index is 777. The summed E-state index contributed by atoms with van der Waals surface area (Å²) in [6.45, 7) is 1.81. The van der Waals surface area contributed by atoms with Crippen molar-refractivity contribution in [1.82, 2.24) is 9.80 Å². The van der Waals surface area contributed by atoms with Crippen molar-refractivity contribution in [3.63, 3.8) is 0 Å². The molecule has 2 aromatic carbocycles. The summed E-state index contributed by atoms with van der Waals surface area (Å²) < 4.78 is 0. The Labute approximate surface area is 163 Å². The van der Waals surface area contributed by atoms with Gasteiger partial charge in [-0.3, -0.25) is 9.69 Å². The monoisotopic (exact) mass is 362 g/mol. The largest absolute Gasteiger partial charge is 0.338 e. The van der Waals surface area contributed by atoms with Crippen molar-refractivity contribution >= 4 is 5.91 Å². The molecule has 142 valence electrons. The van der Waals surface area contributed by atoms with Crippen LogP contribution < -0.4 is 0 Å². The lowest BCUT2D eigenvalue weighted by Gasteiger charge is -2.49. The Morgan fingerprint density at radius 3 is 2.04 bits per heavy atom. The molecule has 1 saturated heterocycles. The van der Waals surface area contributed by atoms with Gasteiger partial charge in [0.05, 0.1) is 0 Å². The number of benzene rings is 2. The molecule has 4 rings (SSSR count). The van der Waals surface area contributed by atoms with E-state index < -0.39 is 0 Å². The van der Waals surface area contributed by atoms with Gasteiger partial charge in [-0.1, -0.05) is 48.5 Å². The van der Waals surface area contributed by atoms with Crippen molar-refractivity contribution in [2.24, 2.45) is 5.41 Å². The molecular formula is C24H30N2O. The third kappa shape index (κ3) is 3.29. The van der Waals surface area contributed by atoms with Crippen LogP contribution in [0.3, 0.4) is 0 Å². The van der Waals surface area contributed by atoms with Crippen molar-refractivity contribution in [2.45, 2.75) is 37.6 Å². The molecule has 2 aromatic rings. The Kier molecular flexibility index (Phi) is 4.81. The standard InChI is InChI=1S/C24H30N2O/c1-25(2)24(21-11-7-4-8-12-21)15-13-23(14-16-24)17-18-26(19-23)22(27)20-9-5-3-6-10-20/h3-12H,13-19H2,1-2H3. The second kappa shape index (κ2) is 7.12. The van der Waals surface area contributed by atoms with E-state index in [1.54, 1.807) is 0 Å². The Balaban J connectivity index is 1.48. The molecule has 1 aliphatic carbocycles. The van der Waals surface area contributed by atoms with Crippen LogP contribution in [0.1, 0.15) is 48.0 Å². The number of carbonyl (C=O) groups is 1. The molecule has 0 aromatic heterocycles. The molecule has 2 aliphatic rings. The molecule has 1 heterocycles. The first-order valence-electron chi connectivity index (χ1n) is 10.1. The van der Waals surface area contributed by atoms with Gasteiger partial charge in [-0.05, 0) is 69.3 Å². The predicted octanol–water partition coefficient (Wildman–Crippen LogP) is 4.55. The van der Waals surface area contributed by atoms with Gasteiger partial charge in [-0.25, -0.2) is 0 Å². The Hall–Kier alpha value is -2.13. The third-order valence-corrected chi connectivity index (χ3v) is 7.05. The number of carbonyl (C=O) groups excluding carboxylic acids is 1. The summed E-state index contributed by atoms with van der Waals surface area (Å²) in [6.07, 6.45) is 5.86. The zero-order valence-electron chi connectivity index (χ0n) is 16.5. The van der Waals surface area contributed by atoms with E-state index in [4.69, 9.17) is 0 Å². The maximum absolute atomic E-state index is 12.8. The zero-order chi connectivity index (χ0) is 18.9. The van der Waals surface area contributed by atoms with Crippen LogP contribution in [0.15, 0.2) is 60.7 Å². The van der Waals surface area contributed by atoms with Crippen molar-refractivity contribution in [1.29, 1.82) is 0 Å². The molecule has 1 aliphatic heterocycles. The van der Waals surface area contributed by atoms with Crippen molar-refractivity contribution < 1.29 is 4.79 Å². The molecule has 0 unspecified atom stereocenters. The normalized spacial score (nSPS) is 28.0. The van der Waals surface area contributed by atoms with Crippen LogP contribution in [-0.2, 0) is 5.54 Å². The minimum absolute atomic E-state index is 0.128. The summed E-state index contributed by atoms with van der Waals surface area (Å²) in [5, 5.41) is 0. The van der Waals surface area contributed by atoms with Crippen LogP contribution in [0.4, 0.5) is 0 Å². The highest BCUT2D eigenvalue weighted by molar-refractivity contribution is 5.94. The highest BCUT2D eigenvalue weighted by Gasteiger charge is 2.48. The number of hydrogen-bond donors (Lipinski definition) is 0. The third-order valence-electron chi connectivity index (χ3n) is 7.05. The summed E-state index contributed by atoms with van der Waals surface area (Å²) in [5.74, 6) is 0.194. The first kappa shape index (κ1) is 18.2. The molecule has 1 saturated carbocycles. The first-order chi connectivity index (χ1) is 13.0. The van der Waals surface area contributed by atoms with E-state index in [0.29, 0.717) is 5.41 Å². The van der Waals surface area contributed by atoms with Crippen LogP contribution in [0.2, 0.25) is 0 Å². The Morgan fingerprint density at radius 2 is 1.44 bits per heavy atom. The number of likely N-dealkylation sites (tertiary alicyclic amines) is 1. The van der Waals surface area contributed by atoms with Crippen molar-refractivity contribution in [3.05, 3.63) is 71.8 Å². The molecule has 0 N–H and O–H groups in total. The highest BCUT2D eigenvalue weighted by Crippen LogP contribution is 2.51. The molecule has 27 heavy (non-hydrogen) atoms. The van der Waals surface area contributed by atoms with Gasteiger partial charge in [0.15, 0.2) is 0 Å². The van der Waals surface area contributed by atoms with Crippen molar-refractivity contribution in [2.75, 3.05) is 27.2 Å². The van der Waals surface area contributed by atoms with E-state index in [9.17, 15) is 4.79 Å². The smallest absolute Gasteiger partial charge is 0.253 e. The maximum Gasteiger partial charge on any atom is 0.253 e. The van der Waals surface area contributed by atoms with Gasteiger partial charge < -0.3 is 4.90 Å². The molecule has 0 atom stereocenters. The van der Waals surface area contributed by atoms with E-state index in [0.717, 1.165) is 37.9 Å². The first-order valence-corrected chi connectivity index (χ1v) is 10.1. The molecule has 1 spiro atoms. The van der Waals surface area contributed by atoms with E-state index in [1.807, 2.05) is 30.3 Å². The van der Waals surface area contributed by atoms with Crippen LogP contribution in [0, 0.1) is 5.41 Å². The average Bonchev–Trinajstić information content (AvgIpc) is 3.13. The average molecular weight is 363 g/mol. The van der Waals surface area contributed by atoms with Gasteiger partial charge in [0, 0.05) is 24.2 Å². The highest BCUT2D eigenvalue weighted by atomic mass is 16.2. The molecule has 2 fully saturated rings. The summed E-state index contributed by atoms with van der Waals surface area (Å²) in [4.78, 5) is 17.3. The second-order valence-corrected chi connectivity index (χ2v) is 8.63. The summed E-state index contributed by atoms with van der Waals surface area (Å²) >= 11 is 0. The van der Waals surface area contributed by atoms with Gasteiger partial charge in [-0.15, -0.1) is 0 Å². The quantitative estimate of drug-likeness (QED) is 0.800. The molecule has 1 amide bonds. The second-order valence-electron chi connectivity index (χ2n) is 8.63. The van der Waals surface area contributed by atoms with Crippen LogP contribution >= 0.6 is 0 Å². The van der Waals surface area contributed by atoms with E-state index >= 15 is 0 Å². The summed E-state index contributed by atoms with van der Waals surface area (Å²) in [6, 6.07) is 20.7. The SMILES string of the molecule is CN(C)C1(c2ccccc2)CCC2(CCN(C(=O)c3ccccc3)C2)CC1. The summed E-state index contributed by atoms with van der Waals surface area (Å²) in [7, 11) is 4.43. The van der Waals surface area contributed by atoms with Gasteiger partial charge in [0.2, 0.25) is 0 Å². The van der Waals surface area contributed by atoms with Gasteiger partial charge in [0.25, 0.3) is 5.91 Å². The topological polar surface area (TPSA) is 23.6 Å². The van der Waals surface area contributed by atoms with Crippen molar-refractivity contribution in [3.8, 4) is 0 Å². The lowest BCUT2D eigenvalue weighted by atomic mass is 9.64. The lowest BCUT2D eigenvalue weighted by molar-refractivity contribution is 0.0370. The fraction of sp³-hybridized carbons (Fsp3) is 0.458. The number of hydrogen-bond acceptors (Lipinski definition) is 2. The zero-order valence-corrected chi connectivity index (χ0v) is 16.5. The van der Waals surface area contributed by atoms with E-state index in [2.05, 4.69) is 54.2 Å². The van der Waals surface area contributed by atoms with Gasteiger partial charge >= 0.3 is 0 Å². The number of amides is 1. The minimum Gasteiger partial charge on any atom is -0.338 e. The predicted molar refractivity (Wildman–Crippen MR) is 110 cm³/mol. The number of nitrogens with zero attached hydrogens (tertiary/aromatic N) is 2.